The van der Waals surface area contributed by atoms with Crippen LogP contribution in [0, 0.1) is 5.92 Å². The molecular weight excluding hydrogens is 258 g/mol. The second-order valence-corrected chi connectivity index (χ2v) is 5.24. The molecule has 1 aromatic heterocycles. The number of imidazole rings is 1. The number of aliphatic hydroxyl groups excluding tert-OH is 1. The fourth-order valence-corrected chi connectivity index (χ4v) is 2.75. The molecule has 0 aliphatic carbocycles. The smallest absolute Gasteiger partial charge is 0.310 e. The van der Waals surface area contributed by atoms with Crippen LogP contribution in [0.1, 0.15) is 6.42 Å². The van der Waals surface area contributed by atoms with Crippen molar-refractivity contribution in [3.63, 3.8) is 0 Å². The summed E-state index contributed by atoms with van der Waals surface area (Å²) in [6.45, 7) is 0.970. The van der Waals surface area contributed by atoms with Crippen molar-refractivity contribution in [1.82, 2.24) is 14.9 Å². The highest BCUT2D eigenvalue weighted by Gasteiger charge is 2.33. The first kappa shape index (κ1) is 13.1. The highest BCUT2D eigenvalue weighted by atomic mass is 16.4. The van der Waals surface area contributed by atoms with Gasteiger partial charge < -0.3 is 20.1 Å². The molecule has 2 heterocycles. The van der Waals surface area contributed by atoms with E-state index in [1.165, 1.54) is 0 Å². The summed E-state index contributed by atoms with van der Waals surface area (Å²) in [7, 11) is 0. The van der Waals surface area contributed by atoms with Crippen molar-refractivity contribution in [1.29, 1.82) is 0 Å². The average Bonchev–Trinajstić information content (AvgIpc) is 2.82. The second kappa shape index (κ2) is 5.22. The lowest BCUT2D eigenvalue weighted by Crippen LogP contribution is -2.50. The first-order chi connectivity index (χ1) is 9.65. The quantitative estimate of drug-likeness (QED) is 0.757. The Hall–Kier alpha value is -1.92. The third kappa shape index (κ3) is 2.39. The van der Waals surface area contributed by atoms with Crippen molar-refractivity contribution in [3.8, 4) is 0 Å². The number of piperidine rings is 1. The molecule has 1 fully saturated rings. The van der Waals surface area contributed by atoms with E-state index >= 15 is 0 Å². The molecule has 3 unspecified atom stereocenters. The summed E-state index contributed by atoms with van der Waals surface area (Å²) in [6.07, 6.45) is 1.42. The molecule has 0 radical (unpaired) electrons. The number of nitrogens with zero attached hydrogens (tertiary/aromatic N) is 2. The Bertz CT molecular complexity index is 625. The van der Waals surface area contributed by atoms with Gasteiger partial charge in [-0.3, -0.25) is 4.79 Å². The van der Waals surface area contributed by atoms with E-state index in [1.54, 1.807) is 6.33 Å². The molecule has 3 atom stereocenters. The second-order valence-electron chi connectivity index (χ2n) is 5.24. The number of hydrogen-bond acceptors (Lipinski definition) is 4. The van der Waals surface area contributed by atoms with E-state index in [-0.39, 0.29) is 6.04 Å². The van der Waals surface area contributed by atoms with E-state index in [0.717, 1.165) is 11.0 Å². The molecule has 1 saturated heterocycles. The predicted molar refractivity (Wildman–Crippen MR) is 73.3 cm³/mol. The van der Waals surface area contributed by atoms with Crippen LogP contribution in [0.4, 0.5) is 0 Å². The van der Waals surface area contributed by atoms with E-state index in [4.69, 9.17) is 5.11 Å². The first-order valence-electron chi connectivity index (χ1n) is 6.69. The van der Waals surface area contributed by atoms with Gasteiger partial charge in [0.2, 0.25) is 0 Å². The fraction of sp³-hybridized carbons (Fsp3) is 0.429. The minimum atomic E-state index is -0.948. The number of hydrogen-bond donors (Lipinski definition) is 3. The molecule has 1 aliphatic rings. The Morgan fingerprint density at radius 2 is 2.25 bits per heavy atom. The number of nitrogens with one attached hydrogen (secondary N) is 1. The standard InChI is InChI=1S/C14H17N3O3/c18-13-5-9(15-6-10(13)14(19)20)7-17-8-16-11-3-1-2-4-12(11)17/h1-4,8-10,13,15,18H,5-7H2,(H,19,20). The molecule has 0 amide bonds. The first-order valence-corrected chi connectivity index (χ1v) is 6.69. The number of para-hydroxylation sites is 2. The van der Waals surface area contributed by atoms with Gasteiger partial charge in [0.15, 0.2) is 0 Å². The summed E-state index contributed by atoms with van der Waals surface area (Å²) >= 11 is 0. The molecule has 0 saturated carbocycles. The van der Waals surface area contributed by atoms with Crippen molar-refractivity contribution >= 4 is 17.0 Å². The monoisotopic (exact) mass is 275 g/mol. The molecule has 3 N–H and O–H groups in total. The fourth-order valence-electron chi connectivity index (χ4n) is 2.75. The zero-order chi connectivity index (χ0) is 14.1. The van der Waals surface area contributed by atoms with Crippen LogP contribution in [0.5, 0.6) is 0 Å². The normalized spacial score (nSPS) is 26.8. The third-order valence-electron chi connectivity index (χ3n) is 3.88. The van der Waals surface area contributed by atoms with Crippen LogP contribution < -0.4 is 5.32 Å². The largest absolute Gasteiger partial charge is 0.481 e. The van der Waals surface area contributed by atoms with Gasteiger partial charge in [-0.25, -0.2) is 4.98 Å². The van der Waals surface area contributed by atoms with Crippen molar-refractivity contribution in [3.05, 3.63) is 30.6 Å². The van der Waals surface area contributed by atoms with Gasteiger partial charge in [-0.1, -0.05) is 12.1 Å². The zero-order valence-corrected chi connectivity index (χ0v) is 10.9. The molecule has 2 aromatic rings. The van der Waals surface area contributed by atoms with Gasteiger partial charge in [0.1, 0.15) is 0 Å². The zero-order valence-electron chi connectivity index (χ0n) is 10.9. The van der Waals surface area contributed by atoms with E-state index in [2.05, 4.69) is 10.3 Å². The summed E-state index contributed by atoms with van der Waals surface area (Å²) < 4.78 is 2.03. The van der Waals surface area contributed by atoms with E-state index in [0.29, 0.717) is 19.5 Å². The lowest BCUT2D eigenvalue weighted by Gasteiger charge is -2.32. The summed E-state index contributed by atoms with van der Waals surface area (Å²) in [4.78, 5) is 15.3. The minimum Gasteiger partial charge on any atom is -0.481 e. The van der Waals surface area contributed by atoms with Gasteiger partial charge in [-0.05, 0) is 18.6 Å². The Balaban J connectivity index is 1.72. The number of rotatable bonds is 3. The van der Waals surface area contributed by atoms with Gasteiger partial charge in [0.05, 0.1) is 29.4 Å². The van der Waals surface area contributed by atoms with Gasteiger partial charge in [0.25, 0.3) is 0 Å². The van der Waals surface area contributed by atoms with Gasteiger partial charge >= 0.3 is 5.97 Å². The molecule has 0 spiro atoms. The molecule has 106 valence electrons. The van der Waals surface area contributed by atoms with Crippen LogP contribution >= 0.6 is 0 Å². The lowest BCUT2D eigenvalue weighted by molar-refractivity contribution is -0.147. The van der Waals surface area contributed by atoms with E-state index in [9.17, 15) is 9.90 Å². The summed E-state index contributed by atoms with van der Waals surface area (Å²) in [5, 5.41) is 22.1. The SMILES string of the molecule is O=C(O)C1CNC(Cn2cnc3ccccc32)CC1O. The highest BCUT2D eigenvalue weighted by molar-refractivity contribution is 5.75. The van der Waals surface area contributed by atoms with Gasteiger partial charge in [-0.2, -0.15) is 0 Å². The maximum absolute atomic E-state index is 10.9. The van der Waals surface area contributed by atoms with Crippen LogP contribution in [0.25, 0.3) is 11.0 Å². The van der Waals surface area contributed by atoms with Crippen molar-refractivity contribution in [2.75, 3.05) is 6.54 Å². The average molecular weight is 275 g/mol. The summed E-state index contributed by atoms with van der Waals surface area (Å²) in [5.74, 6) is -1.66. The Kier molecular flexibility index (Phi) is 3.42. The number of aromatic nitrogens is 2. The Morgan fingerprint density at radius 3 is 3.00 bits per heavy atom. The molecule has 3 rings (SSSR count). The van der Waals surface area contributed by atoms with Crippen LogP contribution in [0.3, 0.4) is 0 Å². The molecule has 6 heteroatoms. The summed E-state index contributed by atoms with van der Waals surface area (Å²) in [5.41, 5.74) is 1.98. The van der Waals surface area contributed by atoms with E-state index in [1.807, 2.05) is 28.8 Å². The van der Waals surface area contributed by atoms with E-state index < -0.39 is 18.0 Å². The third-order valence-corrected chi connectivity index (χ3v) is 3.88. The van der Waals surface area contributed by atoms with Crippen LogP contribution in [-0.4, -0.2) is 44.4 Å². The minimum absolute atomic E-state index is 0.0539. The number of carbonyl (C=O) groups is 1. The molecule has 20 heavy (non-hydrogen) atoms. The number of fused-ring (bicyclic) bond motifs is 1. The highest BCUT2D eigenvalue weighted by Crippen LogP contribution is 2.19. The van der Waals surface area contributed by atoms with Crippen molar-refractivity contribution in [2.45, 2.75) is 25.1 Å². The number of aliphatic carboxylic acids is 1. The number of carboxylic acid groups (broad SMARTS) is 1. The summed E-state index contributed by atoms with van der Waals surface area (Å²) in [6, 6.07) is 7.92. The Morgan fingerprint density at radius 1 is 1.45 bits per heavy atom. The predicted octanol–water partition coefficient (Wildman–Crippen LogP) is 0.460. The maximum Gasteiger partial charge on any atom is 0.310 e. The number of aliphatic hydroxyl groups is 1. The van der Waals surface area contributed by atoms with Crippen molar-refractivity contribution in [2.24, 2.45) is 5.92 Å². The van der Waals surface area contributed by atoms with Crippen LogP contribution in [0.15, 0.2) is 30.6 Å². The molecular formula is C14H17N3O3. The Labute approximate surface area is 116 Å². The number of benzene rings is 1. The lowest BCUT2D eigenvalue weighted by atomic mass is 9.91. The molecule has 1 aromatic carbocycles. The van der Waals surface area contributed by atoms with Gasteiger partial charge in [0, 0.05) is 19.1 Å². The van der Waals surface area contributed by atoms with Crippen LogP contribution in [0.2, 0.25) is 0 Å². The molecule has 0 bridgehead atoms. The number of carboxylic acids is 1. The maximum atomic E-state index is 10.9. The van der Waals surface area contributed by atoms with Crippen molar-refractivity contribution < 1.29 is 15.0 Å². The molecule has 6 nitrogen and oxygen atoms in total. The van der Waals surface area contributed by atoms with Crippen LogP contribution in [-0.2, 0) is 11.3 Å². The molecule has 1 aliphatic heterocycles. The van der Waals surface area contributed by atoms with Gasteiger partial charge in [-0.15, -0.1) is 0 Å². The topological polar surface area (TPSA) is 87.4 Å².